The summed E-state index contributed by atoms with van der Waals surface area (Å²) in [4.78, 5) is 38.3. The van der Waals surface area contributed by atoms with Gasteiger partial charge in [0.15, 0.2) is 0 Å². The van der Waals surface area contributed by atoms with Crippen LogP contribution in [0.3, 0.4) is 0 Å². The molecule has 2 amide bonds. The molecule has 1 heterocycles. The van der Waals surface area contributed by atoms with Crippen LogP contribution in [-0.2, 0) is 4.79 Å². The molecule has 0 atom stereocenters. The summed E-state index contributed by atoms with van der Waals surface area (Å²) >= 11 is 1.43. The van der Waals surface area contributed by atoms with Crippen LogP contribution < -0.4 is 15.5 Å². The largest absolute Gasteiger partial charge is 0.423 e. The quantitative estimate of drug-likeness (QED) is 0.120. The van der Waals surface area contributed by atoms with Gasteiger partial charge in [-0.3, -0.25) is 9.59 Å². The molecule has 4 rings (SSSR count). The Morgan fingerprint density at radius 3 is 2.08 bits per heavy atom. The predicted molar refractivity (Wildman–Crippen MR) is 140 cm³/mol. The molecule has 0 saturated heterocycles. The van der Waals surface area contributed by atoms with Crippen molar-refractivity contribution in [2.24, 2.45) is 5.10 Å². The Bertz CT molecular complexity index is 1380. The van der Waals surface area contributed by atoms with Crippen molar-refractivity contribution in [3.05, 3.63) is 130 Å². The zero-order valence-electron chi connectivity index (χ0n) is 19.0. The molecule has 178 valence electrons. The predicted octanol–water partition coefficient (Wildman–Crippen LogP) is 4.89. The number of rotatable bonds is 8. The molecular formula is C28H21N3O4S. The van der Waals surface area contributed by atoms with Crippen molar-refractivity contribution in [3.8, 4) is 5.75 Å². The van der Waals surface area contributed by atoms with E-state index in [4.69, 9.17) is 4.74 Å². The van der Waals surface area contributed by atoms with Gasteiger partial charge in [0.05, 0.1) is 11.8 Å². The second kappa shape index (κ2) is 12.0. The van der Waals surface area contributed by atoms with Gasteiger partial charge in [0.25, 0.3) is 11.8 Å². The number of carbonyl (C=O) groups is 3. The molecule has 4 aromatic rings. The molecule has 0 spiro atoms. The highest BCUT2D eigenvalue weighted by Gasteiger charge is 2.14. The first-order valence-electron chi connectivity index (χ1n) is 10.9. The topological polar surface area (TPSA) is 96.9 Å². The van der Waals surface area contributed by atoms with Crippen LogP contribution in [0, 0.1) is 0 Å². The van der Waals surface area contributed by atoms with Crippen molar-refractivity contribution in [2.45, 2.75) is 0 Å². The molecule has 1 aromatic heterocycles. The van der Waals surface area contributed by atoms with Gasteiger partial charge in [-0.1, -0.05) is 42.5 Å². The number of esters is 1. The maximum absolute atomic E-state index is 12.8. The summed E-state index contributed by atoms with van der Waals surface area (Å²) < 4.78 is 5.35. The average molecular weight is 496 g/mol. The van der Waals surface area contributed by atoms with Gasteiger partial charge in [-0.2, -0.15) is 5.10 Å². The summed E-state index contributed by atoms with van der Waals surface area (Å²) in [5, 5.41) is 8.52. The first-order chi connectivity index (χ1) is 17.6. The number of hydrogen-bond donors (Lipinski definition) is 2. The minimum Gasteiger partial charge on any atom is -0.423 e. The van der Waals surface area contributed by atoms with E-state index >= 15 is 0 Å². The number of hydrazone groups is 1. The number of hydrogen-bond acceptors (Lipinski definition) is 6. The summed E-state index contributed by atoms with van der Waals surface area (Å²) in [7, 11) is 0. The number of nitrogens with zero attached hydrogens (tertiary/aromatic N) is 1. The fourth-order valence-electron chi connectivity index (χ4n) is 3.05. The van der Waals surface area contributed by atoms with Gasteiger partial charge >= 0.3 is 5.97 Å². The van der Waals surface area contributed by atoms with Crippen LogP contribution in [0.2, 0.25) is 0 Å². The number of amides is 2. The normalized spacial score (nSPS) is 11.2. The number of carbonyl (C=O) groups excluding carboxylic acids is 3. The summed E-state index contributed by atoms with van der Waals surface area (Å²) in [5.41, 5.74) is 4.06. The smallest absolute Gasteiger partial charge is 0.343 e. The highest BCUT2D eigenvalue weighted by atomic mass is 32.1. The van der Waals surface area contributed by atoms with E-state index in [0.717, 1.165) is 4.88 Å². The minimum atomic E-state index is -0.572. The maximum atomic E-state index is 12.8. The Balaban J connectivity index is 1.38. The average Bonchev–Trinajstić information content (AvgIpc) is 3.43. The van der Waals surface area contributed by atoms with Gasteiger partial charge in [-0.05, 0) is 71.6 Å². The van der Waals surface area contributed by atoms with Crippen molar-refractivity contribution >= 4 is 41.4 Å². The number of ether oxygens (including phenoxy) is 1. The van der Waals surface area contributed by atoms with Crippen LogP contribution in [0.25, 0.3) is 6.08 Å². The lowest BCUT2D eigenvalue weighted by atomic mass is 10.2. The molecule has 0 aliphatic heterocycles. The van der Waals surface area contributed by atoms with Gasteiger partial charge in [0.2, 0.25) is 0 Å². The zero-order chi connectivity index (χ0) is 25.2. The van der Waals surface area contributed by atoms with Crippen LogP contribution in [0.15, 0.2) is 113 Å². The third kappa shape index (κ3) is 6.85. The number of benzene rings is 3. The molecular weight excluding hydrogens is 474 g/mol. The summed E-state index contributed by atoms with van der Waals surface area (Å²) in [6.07, 6.45) is 3.04. The van der Waals surface area contributed by atoms with Crippen molar-refractivity contribution < 1.29 is 19.1 Å². The maximum Gasteiger partial charge on any atom is 0.343 e. The molecule has 0 bridgehead atoms. The molecule has 0 saturated carbocycles. The van der Waals surface area contributed by atoms with E-state index in [1.54, 1.807) is 84.9 Å². The zero-order valence-corrected chi connectivity index (χ0v) is 19.8. The second-order valence-electron chi connectivity index (χ2n) is 7.42. The number of nitrogens with one attached hydrogen (secondary N) is 2. The standard InChI is InChI=1S/C28H21N3O4S/c32-26(21-8-3-1-4-9-21)30-25(18-24-12-7-17-36-24)27(33)31-29-19-20-13-15-23(16-14-20)35-28(34)22-10-5-2-6-11-22/h1-19H,(H,30,32)(H,31,33)/b25-18+,29-19+. The molecule has 7 nitrogen and oxygen atoms in total. The van der Waals surface area contributed by atoms with Crippen LogP contribution in [0.5, 0.6) is 5.75 Å². The fraction of sp³-hybridized carbons (Fsp3) is 0. The van der Waals surface area contributed by atoms with Crippen molar-refractivity contribution in [3.63, 3.8) is 0 Å². The van der Waals surface area contributed by atoms with Gasteiger partial charge in [0.1, 0.15) is 11.4 Å². The molecule has 0 fully saturated rings. The molecule has 0 aliphatic rings. The lowest BCUT2D eigenvalue weighted by Crippen LogP contribution is -2.32. The van der Waals surface area contributed by atoms with E-state index in [2.05, 4.69) is 15.8 Å². The Morgan fingerprint density at radius 1 is 0.778 bits per heavy atom. The third-order valence-corrected chi connectivity index (χ3v) is 5.66. The minimum absolute atomic E-state index is 0.0617. The van der Waals surface area contributed by atoms with Crippen molar-refractivity contribution in [1.29, 1.82) is 0 Å². The molecule has 36 heavy (non-hydrogen) atoms. The van der Waals surface area contributed by atoms with E-state index in [1.807, 2.05) is 23.6 Å². The van der Waals surface area contributed by atoms with E-state index < -0.39 is 17.8 Å². The lowest BCUT2D eigenvalue weighted by molar-refractivity contribution is -0.117. The van der Waals surface area contributed by atoms with E-state index in [9.17, 15) is 14.4 Å². The highest BCUT2D eigenvalue weighted by Crippen LogP contribution is 2.15. The first-order valence-corrected chi connectivity index (χ1v) is 11.8. The highest BCUT2D eigenvalue weighted by molar-refractivity contribution is 7.10. The van der Waals surface area contributed by atoms with Gasteiger partial charge in [-0.15, -0.1) is 11.3 Å². The lowest BCUT2D eigenvalue weighted by Gasteiger charge is -2.08. The van der Waals surface area contributed by atoms with Crippen molar-refractivity contribution in [2.75, 3.05) is 0 Å². The Hall–Kier alpha value is -4.82. The third-order valence-electron chi connectivity index (χ3n) is 4.84. The first kappa shape index (κ1) is 24.3. The molecule has 0 radical (unpaired) electrons. The van der Waals surface area contributed by atoms with Gasteiger partial charge in [-0.25, -0.2) is 10.2 Å². The fourth-order valence-corrected chi connectivity index (χ4v) is 3.70. The van der Waals surface area contributed by atoms with E-state index in [-0.39, 0.29) is 5.70 Å². The van der Waals surface area contributed by atoms with Gasteiger partial charge in [0, 0.05) is 10.4 Å². The Kier molecular flexibility index (Phi) is 8.14. The summed E-state index contributed by atoms with van der Waals surface area (Å²) in [6.45, 7) is 0. The van der Waals surface area contributed by atoms with E-state index in [0.29, 0.717) is 22.4 Å². The summed E-state index contributed by atoms with van der Waals surface area (Å²) in [6, 6.07) is 27.7. The summed E-state index contributed by atoms with van der Waals surface area (Å²) in [5.74, 6) is -1.04. The molecule has 3 aromatic carbocycles. The molecule has 0 aliphatic carbocycles. The molecule has 8 heteroatoms. The van der Waals surface area contributed by atoms with Crippen LogP contribution in [0.1, 0.15) is 31.2 Å². The SMILES string of the molecule is O=C(N/N=C/c1ccc(OC(=O)c2ccccc2)cc1)/C(=C\c1cccs1)NC(=O)c1ccccc1. The van der Waals surface area contributed by atoms with Gasteiger partial charge < -0.3 is 10.1 Å². The number of thiophene rings is 1. The van der Waals surface area contributed by atoms with Crippen molar-refractivity contribution in [1.82, 2.24) is 10.7 Å². The van der Waals surface area contributed by atoms with Crippen LogP contribution in [-0.4, -0.2) is 24.0 Å². The van der Waals surface area contributed by atoms with Crippen LogP contribution >= 0.6 is 11.3 Å². The molecule has 0 unspecified atom stereocenters. The van der Waals surface area contributed by atoms with E-state index in [1.165, 1.54) is 17.6 Å². The molecule has 2 N–H and O–H groups in total. The monoisotopic (exact) mass is 495 g/mol. The Labute approximate surface area is 211 Å². The van der Waals surface area contributed by atoms with Crippen LogP contribution in [0.4, 0.5) is 0 Å². The second-order valence-corrected chi connectivity index (χ2v) is 8.40. The Morgan fingerprint density at radius 2 is 1.44 bits per heavy atom.